The minimum Gasteiger partial charge on any atom is -0.467 e. The standard InChI is InChI=1S/C23H31NO8S/c1-6-18-13(2)19(30-14(3)25)20(31-15(4)26)23(32-18)33-12-17(22(28)29-5)24-21(27)16-10-8-7-9-11-16/h7-11,13,17-20,23H,6,12H2,1-5H3,(H,24,27)/t13-,17-,18+,19-,20+,23+/m0/s1. The number of benzene rings is 1. The number of thioether (sulfide) groups is 1. The van der Waals surface area contributed by atoms with Gasteiger partial charge in [-0.05, 0) is 18.6 Å². The quantitative estimate of drug-likeness (QED) is 0.419. The number of amides is 1. The molecule has 0 unspecified atom stereocenters. The second-order valence-electron chi connectivity index (χ2n) is 7.71. The molecule has 1 aliphatic rings. The van der Waals surface area contributed by atoms with Gasteiger partial charge in [0.25, 0.3) is 5.91 Å². The van der Waals surface area contributed by atoms with Gasteiger partial charge in [-0.3, -0.25) is 14.4 Å². The van der Waals surface area contributed by atoms with Crippen molar-refractivity contribution in [2.24, 2.45) is 5.92 Å². The van der Waals surface area contributed by atoms with Gasteiger partial charge in [0.2, 0.25) is 0 Å². The highest BCUT2D eigenvalue weighted by Crippen LogP contribution is 2.36. The third kappa shape index (κ3) is 7.46. The van der Waals surface area contributed by atoms with Gasteiger partial charge in [0.1, 0.15) is 17.6 Å². The summed E-state index contributed by atoms with van der Waals surface area (Å²) in [7, 11) is 1.24. The molecule has 2 rings (SSSR count). The molecule has 10 heteroatoms. The van der Waals surface area contributed by atoms with Crippen molar-refractivity contribution in [2.75, 3.05) is 12.9 Å². The third-order valence-electron chi connectivity index (χ3n) is 5.27. The Bertz CT molecular complexity index is 833. The second kappa shape index (κ2) is 12.6. The average Bonchev–Trinajstić information content (AvgIpc) is 2.79. The monoisotopic (exact) mass is 481 g/mol. The van der Waals surface area contributed by atoms with Crippen LogP contribution in [0.1, 0.15) is 44.5 Å². The molecule has 0 aromatic heterocycles. The average molecular weight is 482 g/mol. The predicted octanol–water partition coefficient (Wildman–Crippen LogP) is 2.33. The maximum absolute atomic E-state index is 12.6. The lowest BCUT2D eigenvalue weighted by molar-refractivity contribution is -0.207. The Kier molecular flexibility index (Phi) is 10.2. The molecule has 0 saturated carbocycles. The molecule has 33 heavy (non-hydrogen) atoms. The van der Waals surface area contributed by atoms with E-state index in [0.29, 0.717) is 12.0 Å². The van der Waals surface area contributed by atoms with Crippen molar-refractivity contribution >= 4 is 35.6 Å². The summed E-state index contributed by atoms with van der Waals surface area (Å²) in [4.78, 5) is 48.4. The van der Waals surface area contributed by atoms with Gasteiger partial charge in [-0.15, -0.1) is 11.8 Å². The zero-order chi connectivity index (χ0) is 24.5. The highest BCUT2D eigenvalue weighted by molar-refractivity contribution is 7.99. The van der Waals surface area contributed by atoms with Crippen molar-refractivity contribution in [2.45, 2.75) is 63.9 Å². The molecule has 1 amide bonds. The molecule has 1 fully saturated rings. The third-order valence-corrected chi connectivity index (χ3v) is 6.50. The van der Waals surface area contributed by atoms with E-state index in [4.69, 9.17) is 18.9 Å². The lowest BCUT2D eigenvalue weighted by Crippen LogP contribution is -2.56. The van der Waals surface area contributed by atoms with Crippen LogP contribution in [-0.2, 0) is 33.3 Å². The fourth-order valence-electron chi connectivity index (χ4n) is 3.65. The van der Waals surface area contributed by atoms with Crippen LogP contribution in [0.5, 0.6) is 0 Å². The normalized spacial score (nSPS) is 25.4. The molecular weight excluding hydrogens is 450 g/mol. The van der Waals surface area contributed by atoms with E-state index in [2.05, 4.69) is 5.32 Å². The number of nitrogens with one attached hydrogen (secondary N) is 1. The summed E-state index contributed by atoms with van der Waals surface area (Å²) >= 11 is 1.18. The van der Waals surface area contributed by atoms with Crippen LogP contribution in [-0.4, -0.2) is 66.5 Å². The highest BCUT2D eigenvalue weighted by atomic mass is 32.2. The van der Waals surface area contributed by atoms with Crippen LogP contribution >= 0.6 is 11.8 Å². The summed E-state index contributed by atoms with van der Waals surface area (Å²) in [5.74, 6) is -2.21. The number of ether oxygens (including phenoxy) is 4. The van der Waals surface area contributed by atoms with Crippen molar-refractivity contribution in [3.8, 4) is 0 Å². The largest absolute Gasteiger partial charge is 0.467 e. The molecule has 1 N–H and O–H groups in total. The number of carbonyl (C=O) groups is 4. The van der Waals surface area contributed by atoms with Gasteiger partial charge >= 0.3 is 17.9 Å². The summed E-state index contributed by atoms with van der Waals surface area (Å²) in [5, 5.41) is 2.67. The number of hydrogen-bond donors (Lipinski definition) is 1. The Hall–Kier alpha value is -2.59. The van der Waals surface area contributed by atoms with Gasteiger partial charge in [0.05, 0.1) is 13.2 Å². The van der Waals surface area contributed by atoms with E-state index in [9.17, 15) is 19.2 Å². The summed E-state index contributed by atoms with van der Waals surface area (Å²) in [6, 6.07) is 7.52. The SMILES string of the molecule is CC[C@H]1O[C@H](SC[C@H](NC(=O)c2ccccc2)C(=O)OC)[C@H](OC(C)=O)[C@@H](OC(C)=O)[C@H]1C. The fourth-order valence-corrected chi connectivity index (χ4v) is 4.88. The molecule has 1 aromatic rings. The minimum absolute atomic E-state index is 0.0886. The van der Waals surface area contributed by atoms with Crippen molar-refractivity contribution in [3.05, 3.63) is 35.9 Å². The van der Waals surface area contributed by atoms with Gasteiger partial charge in [-0.25, -0.2) is 4.79 Å². The maximum Gasteiger partial charge on any atom is 0.329 e. The van der Waals surface area contributed by atoms with Gasteiger partial charge in [-0.1, -0.05) is 32.0 Å². The number of esters is 3. The topological polar surface area (TPSA) is 117 Å². The van der Waals surface area contributed by atoms with Crippen LogP contribution in [0.3, 0.4) is 0 Å². The molecule has 9 nitrogen and oxygen atoms in total. The van der Waals surface area contributed by atoms with E-state index in [1.54, 1.807) is 30.3 Å². The predicted molar refractivity (Wildman–Crippen MR) is 121 cm³/mol. The molecule has 0 radical (unpaired) electrons. The van der Waals surface area contributed by atoms with Crippen molar-refractivity contribution in [1.82, 2.24) is 5.32 Å². The van der Waals surface area contributed by atoms with Crippen LogP contribution < -0.4 is 5.32 Å². The lowest BCUT2D eigenvalue weighted by atomic mass is 9.89. The summed E-state index contributed by atoms with van der Waals surface area (Å²) < 4.78 is 22.0. The van der Waals surface area contributed by atoms with Gasteiger partial charge in [0, 0.05) is 31.1 Å². The fraction of sp³-hybridized carbons (Fsp3) is 0.565. The van der Waals surface area contributed by atoms with E-state index in [0.717, 1.165) is 0 Å². The van der Waals surface area contributed by atoms with Crippen LogP contribution in [0, 0.1) is 5.92 Å². The van der Waals surface area contributed by atoms with Crippen molar-refractivity contribution in [1.29, 1.82) is 0 Å². The van der Waals surface area contributed by atoms with Crippen molar-refractivity contribution < 1.29 is 38.1 Å². The molecule has 1 heterocycles. The second-order valence-corrected chi connectivity index (χ2v) is 8.84. The molecular formula is C23H31NO8S. The number of carbonyl (C=O) groups excluding carboxylic acids is 4. The maximum atomic E-state index is 12.6. The zero-order valence-corrected chi connectivity index (χ0v) is 20.3. The first-order valence-corrected chi connectivity index (χ1v) is 11.8. The summed E-state index contributed by atoms with van der Waals surface area (Å²) in [5.41, 5.74) is -0.321. The molecule has 6 atom stereocenters. The van der Waals surface area contributed by atoms with Crippen LogP contribution in [0.25, 0.3) is 0 Å². The smallest absolute Gasteiger partial charge is 0.329 e. The van der Waals surface area contributed by atoms with Crippen LogP contribution in [0.2, 0.25) is 0 Å². The Labute approximate surface area is 197 Å². The molecule has 1 aliphatic heterocycles. The number of methoxy groups -OCH3 is 1. The Morgan fingerprint density at radius 3 is 2.21 bits per heavy atom. The molecule has 182 valence electrons. The van der Waals surface area contributed by atoms with Crippen molar-refractivity contribution in [3.63, 3.8) is 0 Å². The number of hydrogen-bond acceptors (Lipinski definition) is 9. The van der Waals surface area contributed by atoms with Gasteiger partial charge < -0.3 is 24.3 Å². The zero-order valence-electron chi connectivity index (χ0n) is 19.4. The summed E-state index contributed by atoms with van der Waals surface area (Å²) in [6.07, 6.45) is -1.20. The molecule has 1 aromatic carbocycles. The van der Waals surface area contributed by atoms with Gasteiger partial charge in [0.15, 0.2) is 6.10 Å². The van der Waals surface area contributed by atoms with E-state index in [-0.39, 0.29) is 17.8 Å². The van der Waals surface area contributed by atoms with Crippen LogP contribution in [0.4, 0.5) is 0 Å². The molecule has 0 spiro atoms. The summed E-state index contributed by atoms with van der Waals surface area (Å²) in [6.45, 7) is 6.37. The lowest BCUT2D eigenvalue weighted by Gasteiger charge is -2.44. The number of rotatable bonds is 9. The minimum atomic E-state index is -0.971. The Morgan fingerprint density at radius 1 is 1.06 bits per heavy atom. The first-order valence-electron chi connectivity index (χ1n) is 10.7. The van der Waals surface area contributed by atoms with Crippen LogP contribution in [0.15, 0.2) is 30.3 Å². The Balaban J connectivity index is 2.20. The molecule has 0 aliphatic carbocycles. The van der Waals surface area contributed by atoms with E-state index < -0.39 is 47.5 Å². The van der Waals surface area contributed by atoms with E-state index in [1.165, 1.54) is 32.7 Å². The first-order chi connectivity index (χ1) is 15.7. The van der Waals surface area contributed by atoms with E-state index >= 15 is 0 Å². The highest BCUT2D eigenvalue weighted by Gasteiger charge is 2.47. The molecule has 0 bridgehead atoms. The Morgan fingerprint density at radius 2 is 1.67 bits per heavy atom. The first kappa shape index (κ1) is 26.7. The van der Waals surface area contributed by atoms with E-state index in [1.807, 2.05) is 13.8 Å². The van der Waals surface area contributed by atoms with Gasteiger partial charge in [-0.2, -0.15) is 0 Å². The molecule has 1 saturated heterocycles.